The minimum absolute atomic E-state index is 0.200. The van der Waals surface area contributed by atoms with Gasteiger partial charge in [0, 0.05) is 11.9 Å². The Labute approximate surface area is 107 Å². The van der Waals surface area contributed by atoms with Crippen molar-refractivity contribution in [3.05, 3.63) is 30.0 Å². The third-order valence-electron chi connectivity index (χ3n) is 2.89. The Morgan fingerprint density at radius 3 is 2.72 bits per heavy atom. The van der Waals surface area contributed by atoms with E-state index in [0.29, 0.717) is 13.0 Å². The number of likely N-dealkylation sites (N-methyl/N-ethyl adjacent to an activating group) is 1. The van der Waals surface area contributed by atoms with Gasteiger partial charge in [-0.05, 0) is 27.1 Å². The average Bonchev–Trinajstić information content (AvgIpc) is 2.67. The Balaban J connectivity index is 2.31. The van der Waals surface area contributed by atoms with Crippen LogP contribution in [0.25, 0.3) is 10.9 Å². The van der Waals surface area contributed by atoms with Crippen molar-refractivity contribution in [2.45, 2.75) is 19.9 Å². The number of hydrogen-bond donors (Lipinski definition) is 0. The van der Waals surface area contributed by atoms with E-state index in [0.717, 1.165) is 23.1 Å². The molecule has 0 atom stereocenters. The van der Waals surface area contributed by atoms with E-state index in [1.807, 2.05) is 47.9 Å². The van der Waals surface area contributed by atoms with Gasteiger partial charge < -0.3 is 4.90 Å². The molecule has 0 aliphatic heterocycles. The van der Waals surface area contributed by atoms with Crippen molar-refractivity contribution in [3.63, 3.8) is 0 Å². The van der Waals surface area contributed by atoms with Crippen molar-refractivity contribution in [1.82, 2.24) is 14.7 Å². The number of hydrogen-bond acceptors (Lipinski definition) is 3. The molecule has 2 rings (SSSR count). The van der Waals surface area contributed by atoms with Crippen molar-refractivity contribution in [1.29, 1.82) is 0 Å². The predicted octanol–water partition coefficient (Wildman–Crippen LogP) is 1.73. The zero-order valence-electron chi connectivity index (χ0n) is 11.2. The van der Waals surface area contributed by atoms with E-state index in [9.17, 15) is 4.79 Å². The molecule has 0 fully saturated rings. The van der Waals surface area contributed by atoms with Gasteiger partial charge in [-0.25, -0.2) is 0 Å². The zero-order valence-corrected chi connectivity index (χ0v) is 11.2. The zero-order chi connectivity index (χ0) is 13.1. The van der Waals surface area contributed by atoms with Crippen LogP contribution in [0.15, 0.2) is 24.3 Å². The van der Waals surface area contributed by atoms with Crippen LogP contribution < -0.4 is 0 Å². The standard InChI is InChI=1S/C14H19N3O/c1-4-17-14-8-6-5-7-12(14)13(15-17)9-11(18)10-16(2)3/h5-8H,4,9-10H2,1-3H3. The second-order valence-electron chi connectivity index (χ2n) is 4.73. The van der Waals surface area contributed by atoms with Gasteiger partial charge in [-0.15, -0.1) is 0 Å². The van der Waals surface area contributed by atoms with Gasteiger partial charge in [0.05, 0.1) is 24.2 Å². The summed E-state index contributed by atoms with van der Waals surface area (Å²) in [4.78, 5) is 13.8. The number of rotatable bonds is 5. The summed E-state index contributed by atoms with van der Waals surface area (Å²) in [7, 11) is 3.81. The lowest BCUT2D eigenvalue weighted by Gasteiger charge is -2.06. The minimum atomic E-state index is 0.200. The topological polar surface area (TPSA) is 38.1 Å². The van der Waals surface area contributed by atoms with Crippen molar-refractivity contribution in [2.75, 3.05) is 20.6 Å². The van der Waals surface area contributed by atoms with Gasteiger partial charge in [-0.2, -0.15) is 5.10 Å². The third kappa shape index (κ3) is 2.59. The number of aryl methyl sites for hydroxylation is 1. The smallest absolute Gasteiger partial charge is 0.152 e. The number of Topliss-reactive ketones (excluding diaryl/α,β-unsaturated/α-hetero) is 1. The molecule has 0 saturated heterocycles. The van der Waals surface area contributed by atoms with E-state index in [4.69, 9.17) is 0 Å². The first-order valence-corrected chi connectivity index (χ1v) is 6.22. The highest BCUT2D eigenvalue weighted by atomic mass is 16.1. The fourth-order valence-corrected chi connectivity index (χ4v) is 2.16. The molecular weight excluding hydrogens is 226 g/mol. The Morgan fingerprint density at radius 2 is 2.06 bits per heavy atom. The lowest BCUT2D eigenvalue weighted by molar-refractivity contribution is -0.119. The van der Waals surface area contributed by atoms with Gasteiger partial charge in [0.2, 0.25) is 0 Å². The van der Waals surface area contributed by atoms with Crippen LogP contribution in [0.4, 0.5) is 0 Å². The van der Waals surface area contributed by atoms with Gasteiger partial charge in [0.15, 0.2) is 5.78 Å². The first-order valence-electron chi connectivity index (χ1n) is 6.22. The van der Waals surface area contributed by atoms with Gasteiger partial charge in [-0.1, -0.05) is 18.2 Å². The number of aromatic nitrogens is 2. The van der Waals surface area contributed by atoms with Crippen LogP contribution in [0.1, 0.15) is 12.6 Å². The summed E-state index contributed by atoms with van der Waals surface area (Å²) in [6.07, 6.45) is 0.408. The Bertz CT molecular complexity index is 557. The normalized spacial score (nSPS) is 11.3. The molecule has 96 valence electrons. The van der Waals surface area contributed by atoms with Crippen molar-refractivity contribution >= 4 is 16.7 Å². The second kappa shape index (κ2) is 5.31. The van der Waals surface area contributed by atoms with Crippen LogP contribution in [0.5, 0.6) is 0 Å². The van der Waals surface area contributed by atoms with Gasteiger partial charge in [-0.3, -0.25) is 9.48 Å². The molecule has 1 aromatic heterocycles. The molecule has 0 bridgehead atoms. The molecule has 0 saturated carbocycles. The monoisotopic (exact) mass is 245 g/mol. The fourth-order valence-electron chi connectivity index (χ4n) is 2.16. The molecule has 0 aliphatic rings. The lowest BCUT2D eigenvalue weighted by atomic mass is 10.1. The number of fused-ring (bicyclic) bond motifs is 1. The highest BCUT2D eigenvalue weighted by molar-refractivity contribution is 5.89. The first-order chi connectivity index (χ1) is 8.61. The third-order valence-corrected chi connectivity index (χ3v) is 2.89. The van der Waals surface area contributed by atoms with Gasteiger partial charge in [0.25, 0.3) is 0 Å². The molecule has 1 heterocycles. The van der Waals surface area contributed by atoms with Crippen LogP contribution in [-0.4, -0.2) is 41.1 Å². The van der Waals surface area contributed by atoms with Crippen LogP contribution in [0, 0.1) is 0 Å². The Kier molecular flexibility index (Phi) is 3.77. The van der Waals surface area contributed by atoms with Crippen LogP contribution in [0.3, 0.4) is 0 Å². The lowest BCUT2D eigenvalue weighted by Crippen LogP contribution is -2.23. The van der Waals surface area contributed by atoms with E-state index in [-0.39, 0.29) is 5.78 Å². The highest BCUT2D eigenvalue weighted by Gasteiger charge is 2.13. The summed E-state index contributed by atoms with van der Waals surface area (Å²) in [5.41, 5.74) is 1.99. The Hall–Kier alpha value is -1.68. The van der Waals surface area contributed by atoms with Crippen molar-refractivity contribution in [3.8, 4) is 0 Å². The van der Waals surface area contributed by atoms with E-state index < -0.39 is 0 Å². The number of nitrogens with zero attached hydrogens (tertiary/aromatic N) is 3. The fraction of sp³-hybridized carbons (Fsp3) is 0.429. The molecule has 0 aliphatic carbocycles. The maximum absolute atomic E-state index is 11.9. The maximum atomic E-state index is 11.9. The molecule has 4 nitrogen and oxygen atoms in total. The largest absolute Gasteiger partial charge is 0.302 e. The van der Waals surface area contributed by atoms with E-state index in [1.165, 1.54) is 0 Å². The van der Waals surface area contributed by atoms with Crippen molar-refractivity contribution in [2.24, 2.45) is 0 Å². The minimum Gasteiger partial charge on any atom is -0.302 e. The first kappa shape index (κ1) is 12.8. The summed E-state index contributed by atoms with van der Waals surface area (Å²) in [5.74, 6) is 0.200. The number of benzene rings is 1. The van der Waals surface area contributed by atoms with E-state index in [2.05, 4.69) is 12.0 Å². The summed E-state index contributed by atoms with van der Waals surface area (Å²) in [6, 6.07) is 8.07. The SMILES string of the molecule is CCn1nc(CC(=O)CN(C)C)c2ccccc21. The summed E-state index contributed by atoms with van der Waals surface area (Å²) < 4.78 is 1.95. The molecule has 2 aromatic rings. The number of ketones is 1. The summed E-state index contributed by atoms with van der Waals surface area (Å²) >= 11 is 0. The van der Waals surface area contributed by atoms with Crippen LogP contribution in [-0.2, 0) is 17.8 Å². The molecule has 0 spiro atoms. The molecular formula is C14H19N3O. The predicted molar refractivity (Wildman–Crippen MR) is 72.7 cm³/mol. The maximum Gasteiger partial charge on any atom is 0.152 e. The van der Waals surface area contributed by atoms with Crippen molar-refractivity contribution < 1.29 is 4.79 Å². The molecule has 0 radical (unpaired) electrons. The number of para-hydroxylation sites is 1. The molecule has 0 unspecified atom stereocenters. The average molecular weight is 245 g/mol. The molecule has 0 amide bonds. The molecule has 0 N–H and O–H groups in total. The quantitative estimate of drug-likeness (QED) is 0.805. The molecule has 4 heteroatoms. The van der Waals surface area contributed by atoms with E-state index >= 15 is 0 Å². The molecule has 18 heavy (non-hydrogen) atoms. The van der Waals surface area contributed by atoms with Gasteiger partial charge >= 0.3 is 0 Å². The van der Waals surface area contributed by atoms with Crippen LogP contribution >= 0.6 is 0 Å². The number of carbonyl (C=O) groups excluding carboxylic acids is 1. The van der Waals surface area contributed by atoms with E-state index in [1.54, 1.807) is 0 Å². The van der Waals surface area contributed by atoms with Gasteiger partial charge in [0.1, 0.15) is 0 Å². The summed E-state index contributed by atoms with van der Waals surface area (Å²) in [6.45, 7) is 3.35. The second-order valence-corrected chi connectivity index (χ2v) is 4.73. The number of carbonyl (C=O) groups is 1. The summed E-state index contributed by atoms with van der Waals surface area (Å²) in [5, 5.41) is 5.62. The molecule has 1 aromatic carbocycles. The van der Waals surface area contributed by atoms with Crippen LogP contribution in [0.2, 0.25) is 0 Å². The Morgan fingerprint density at radius 1 is 1.33 bits per heavy atom. The highest BCUT2D eigenvalue weighted by Crippen LogP contribution is 2.18.